The Balaban J connectivity index is 1.80. The van der Waals surface area contributed by atoms with E-state index in [1.165, 1.54) is 18.9 Å². The number of urea groups is 1. The molecule has 2 N–H and O–H groups in total. The molecule has 0 radical (unpaired) electrons. The van der Waals surface area contributed by atoms with Crippen molar-refractivity contribution in [1.29, 1.82) is 0 Å². The van der Waals surface area contributed by atoms with Gasteiger partial charge in [0.1, 0.15) is 0 Å². The Morgan fingerprint density at radius 2 is 1.91 bits per heavy atom. The number of esters is 1. The van der Waals surface area contributed by atoms with Gasteiger partial charge in [0.2, 0.25) is 5.91 Å². The second kappa shape index (κ2) is 10.9. The molecule has 8 heteroatoms. The van der Waals surface area contributed by atoms with Gasteiger partial charge < -0.3 is 15.4 Å². The molecule has 32 heavy (non-hydrogen) atoms. The number of hydrogen-bond donors (Lipinski definition) is 2. The van der Waals surface area contributed by atoms with E-state index >= 15 is 0 Å². The Morgan fingerprint density at radius 3 is 2.59 bits per heavy atom. The van der Waals surface area contributed by atoms with E-state index in [2.05, 4.69) is 10.6 Å². The summed E-state index contributed by atoms with van der Waals surface area (Å²) in [6.45, 7) is 4.22. The van der Waals surface area contributed by atoms with E-state index in [0.29, 0.717) is 29.1 Å². The molecule has 0 saturated carbocycles. The number of allylic oxidation sites excluding steroid dienone is 1. The van der Waals surface area contributed by atoms with Gasteiger partial charge >= 0.3 is 12.0 Å². The largest absolute Gasteiger partial charge is 0.466 e. The molecule has 0 bridgehead atoms. The van der Waals surface area contributed by atoms with Gasteiger partial charge in [0.05, 0.1) is 24.5 Å². The smallest absolute Gasteiger partial charge is 0.337 e. The van der Waals surface area contributed by atoms with Crippen molar-refractivity contribution in [3.05, 3.63) is 71.4 Å². The molecule has 7 nitrogen and oxygen atoms in total. The number of nitrogens with zero attached hydrogens (tertiary/aromatic N) is 1. The van der Waals surface area contributed by atoms with Crippen molar-refractivity contribution in [2.24, 2.45) is 0 Å². The van der Waals surface area contributed by atoms with Crippen LogP contribution in [0, 0.1) is 0 Å². The molecule has 0 saturated heterocycles. The number of nitrogens with one attached hydrogen (secondary N) is 2. The molecule has 1 unspecified atom stereocenters. The maximum Gasteiger partial charge on any atom is 0.337 e. The number of anilines is 1. The first-order chi connectivity index (χ1) is 15.4. The summed E-state index contributed by atoms with van der Waals surface area (Å²) in [6, 6.07) is 15.9. The van der Waals surface area contributed by atoms with Crippen molar-refractivity contribution in [3.8, 4) is 0 Å². The molecule has 1 aliphatic heterocycles. The van der Waals surface area contributed by atoms with E-state index in [-0.39, 0.29) is 17.7 Å². The van der Waals surface area contributed by atoms with E-state index < -0.39 is 12.0 Å². The lowest BCUT2D eigenvalue weighted by atomic mass is 9.94. The van der Waals surface area contributed by atoms with E-state index in [1.807, 2.05) is 43.3 Å². The van der Waals surface area contributed by atoms with Crippen LogP contribution in [0.15, 0.2) is 70.8 Å². The van der Waals surface area contributed by atoms with Crippen LogP contribution >= 0.6 is 11.8 Å². The summed E-state index contributed by atoms with van der Waals surface area (Å²) in [5.41, 5.74) is 2.22. The molecule has 1 atom stereocenters. The molecular formula is C24H27N3O4S. The van der Waals surface area contributed by atoms with Gasteiger partial charge in [0, 0.05) is 22.8 Å². The minimum Gasteiger partial charge on any atom is -0.466 e. The van der Waals surface area contributed by atoms with Crippen molar-refractivity contribution in [1.82, 2.24) is 10.2 Å². The van der Waals surface area contributed by atoms with Gasteiger partial charge in [-0.1, -0.05) is 37.3 Å². The molecular weight excluding hydrogens is 426 g/mol. The normalized spacial score (nSPS) is 15.9. The number of carbonyl (C=O) groups excluding carboxylic acids is 3. The third kappa shape index (κ3) is 5.50. The van der Waals surface area contributed by atoms with E-state index in [9.17, 15) is 14.4 Å². The highest BCUT2D eigenvalue weighted by Crippen LogP contribution is 2.32. The quantitative estimate of drug-likeness (QED) is 0.459. The van der Waals surface area contributed by atoms with Gasteiger partial charge in [-0.05, 0) is 43.2 Å². The zero-order valence-corrected chi connectivity index (χ0v) is 19.2. The summed E-state index contributed by atoms with van der Waals surface area (Å²) in [6.07, 6.45) is 0.756. The fourth-order valence-electron chi connectivity index (χ4n) is 3.56. The summed E-state index contributed by atoms with van der Waals surface area (Å²) in [4.78, 5) is 40.2. The van der Waals surface area contributed by atoms with Crippen molar-refractivity contribution in [2.45, 2.75) is 31.2 Å². The number of rotatable bonds is 8. The molecule has 3 amide bonds. The lowest BCUT2D eigenvalue weighted by Crippen LogP contribution is -2.48. The summed E-state index contributed by atoms with van der Waals surface area (Å²) < 4.78 is 5.00. The summed E-state index contributed by atoms with van der Waals surface area (Å²) in [7, 11) is 1.32. The predicted octanol–water partition coefficient (Wildman–Crippen LogP) is 4.34. The van der Waals surface area contributed by atoms with Gasteiger partial charge in [-0.2, -0.15) is 0 Å². The third-order valence-corrected chi connectivity index (χ3v) is 6.08. The Kier molecular flexibility index (Phi) is 7.94. The van der Waals surface area contributed by atoms with Crippen molar-refractivity contribution in [2.75, 3.05) is 24.7 Å². The van der Waals surface area contributed by atoms with Crippen LogP contribution < -0.4 is 10.6 Å². The van der Waals surface area contributed by atoms with Crippen molar-refractivity contribution < 1.29 is 19.1 Å². The highest BCUT2D eigenvalue weighted by molar-refractivity contribution is 8.00. The van der Waals surface area contributed by atoms with E-state index in [1.54, 1.807) is 30.0 Å². The second-order valence-electron chi connectivity index (χ2n) is 7.30. The lowest BCUT2D eigenvalue weighted by molar-refractivity contribution is -0.136. The van der Waals surface area contributed by atoms with E-state index in [0.717, 1.165) is 11.3 Å². The van der Waals surface area contributed by atoms with Gasteiger partial charge in [0.15, 0.2) is 0 Å². The van der Waals surface area contributed by atoms with Crippen LogP contribution in [0.5, 0.6) is 0 Å². The lowest BCUT2D eigenvalue weighted by Gasteiger charge is -2.35. The van der Waals surface area contributed by atoms with Gasteiger partial charge in [0.25, 0.3) is 0 Å². The monoisotopic (exact) mass is 453 g/mol. The van der Waals surface area contributed by atoms with Crippen molar-refractivity contribution in [3.63, 3.8) is 0 Å². The number of amides is 3. The average molecular weight is 454 g/mol. The third-order valence-electron chi connectivity index (χ3n) is 5.07. The number of benzene rings is 2. The highest BCUT2D eigenvalue weighted by atomic mass is 32.2. The zero-order chi connectivity index (χ0) is 23.1. The van der Waals surface area contributed by atoms with Crippen LogP contribution in [0.25, 0.3) is 0 Å². The number of hydrogen-bond acceptors (Lipinski definition) is 5. The number of methoxy groups -OCH3 is 1. The first-order valence-corrected chi connectivity index (χ1v) is 11.4. The molecule has 168 valence electrons. The molecule has 0 spiro atoms. The van der Waals surface area contributed by atoms with Crippen molar-refractivity contribution >= 4 is 35.4 Å². The van der Waals surface area contributed by atoms with Crippen LogP contribution in [0.2, 0.25) is 0 Å². The van der Waals surface area contributed by atoms with E-state index in [4.69, 9.17) is 4.74 Å². The summed E-state index contributed by atoms with van der Waals surface area (Å²) in [5.74, 6) is -0.368. The molecule has 0 aliphatic carbocycles. The van der Waals surface area contributed by atoms with Gasteiger partial charge in [-0.3, -0.25) is 9.69 Å². The Hall–Kier alpha value is -3.26. The predicted molar refractivity (Wildman–Crippen MR) is 125 cm³/mol. The molecule has 1 aliphatic rings. The fraction of sp³-hybridized carbons (Fsp3) is 0.292. The van der Waals surface area contributed by atoms with Crippen LogP contribution in [-0.2, 0) is 14.3 Å². The Bertz CT molecular complexity index is 1020. The minimum absolute atomic E-state index is 0.141. The summed E-state index contributed by atoms with van der Waals surface area (Å²) in [5, 5.41) is 5.79. The van der Waals surface area contributed by atoms with Crippen LogP contribution in [0.1, 0.15) is 31.9 Å². The molecule has 1 heterocycles. The number of thioether (sulfide) groups is 1. The first kappa shape index (κ1) is 23.4. The van der Waals surface area contributed by atoms with Crippen LogP contribution in [-0.4, -0.2) is 42.2 Å². The SMILES string of the molecule is CCCN1C(=O)NC(c2cccc(NC(=O)CSc3ccccc3)c2)C(C(=O)OC)=C1C. The van der Waals surface area contributed by atoms with Gasteiger partial charge in [-0.25, -0.2) is 9.59 Å². The van der Waals surface area contributed by atoms with Gasteiger partial charge in [-0.15, -0.1) is 11.8 Å². The molecule has 0 aromatic heterocycles. The molecule has 0 fully saturated rings. The number of ether oxygens (including phenoxy) is 1. The maximum atomic E-state index is 12.7. The molecule has 2 aromatic rings. The standard InChI is InChI=1S/C24H27N3O4S/c1-4-13-27-16(2)21(23(29)31-3)22(26-24(27)30)17-9-8-10-18(14-17)25-20(28)15-32-19-11-6-5-7-12-19/h5-12,14,22H,4,13,15H2,1-3H3,(H,25,28)(H,26,30). The number of carbonyl (C=O) groups is 3. The zero-order valence-electron chi connectivity index (χ0n) is 18.4. The average Bonchev–Trinajstić information content (AvgIpc) is 2.80. The van der Waals surface area contributed by atoms with Crippen LogP contribution in [0.3, 0.4) is 0 Å². The topological polar surface area (TPSA) is 87.7 Å². The fourth-order valence-corrected chi connectivity index (χ4v) is 4.28. The first-order valence-electron chi connectivity index (χ1n) is 10.4. The highest BCUT2D eigenvalue weighted by Gasteiger charge is 2.35. The maximum absolute atomic E-state index is 12.7. The Labute approximate surface area is 192 Å². The molecule has 3 rings (SSSR count). The Morgan fingerprint density at radius 1 is 1.16 bits per heavy atom. The van der Waals surface area contributed by atoms with Crippen LogP contribution in [0.4, 0.5) is 10.5 Å². The molecule has 2 aromatic carbocycles. The second-order valence-corrected chi connectivity index (χ2v) is 8.35. The minimum atomic E-state index is -0.668. The summed E-state index contributed by atoms with van der Waals surface area (Å²) >= 11 is 1.45.